The molecule has 2 fully saturated rings. The van der Waals surface area contributed by atoms with Crippen molar-refractivity contribution in [3.8, 4) is 17.0 Å². The van der Waals surface area contributed by atoms with Gasteiger partial charge in [-0.1, -0.05) is 29.3 Å². The van der Waals surface area contributed by atoms with Gasteiger partial charge in [-0.25, -0.2) is 4.98 Å². The maximum atomic E-state index is 13.5. The van der Waals surface area contributed by atoms with E-state index in [2.05, 4.69) is 9.80 Å². The van der Waals surface area contributed by atoms with Crippen LogP contribution in [0.15, 0.2) is 47.8 Å². The largest absolute Gasteiger partial charge is 0.494 e. The number of aromatic nitrogens is 1. The number of halogens is 5. The van der Waals surface area contributed by atoms with Crippen LogP contribution in [-0.4, -0.2) is 85.5 Å². The van der Waals surface area contributed by atoms with Crippen LogP contribution in [-0.2, 0) is 16.1 Å². The van der Waals surface area contributed by atoms with Crippen LogP contribution in [0.2, 0.25) is 10.0 Å². The van der Waals surface area contributed by atoms with Gasteiger partial charge in [0.1, 0.15) is 5.75 Å². The lowest BCUT2D eigenvalue weighted by Gasteiger charge is -2.39. The third-order valence-corrected chi connectivity index (χ3v) is 9.52. The van der Waals surface area contributed by atoms with Crippen molar-refractivity contribution in [1.82, 2.24) is 14.8 Å². The average Bonchev–Trinajstić information content (AvgIpc) is 3.52. The van der Waals surface area contributed by atoms with E-state index in [9.17, 15) is 18.0 Å². The summed E-state index contributed by atoms with van der Waals surface area (Å²) < 4.78 is 51.7. The van der Waals surface area contributed by atoms with E-state index in [0.717, 1.165) is 39.9 Å². The zero-order chi connectivity index (χ0) is 31.1. The molecule has 0 saturated carbocycles. The molecular weight excluding hydrogens is 636 g/mol. The number of carbonyl (C=O) groups is 1. The highest BCUT2D eigenvalue weighted by atomic mass is 35.5. The number of unbranched alkanes of at least 4 members (excludes halogenated alkanes) is 1. The number of piperidine rings is 1. The first-order valence-electron chi connectivity index (χ1n) is 14.7. The van der Waals surface area contributed by atoms with E-state index >= 15 is 0 Å². The molecule has 0 unspecified atom stereocenters. The van der Waals surface area contributed by atoms with Gasteiger partial charge in [0.2, 0.25) is 0 Å². The zero-order valence-corrected chi connectivity index (χ0v) is 26.5. The predicted octanol–water partition coefficient (Wildman–Crippen LogP) is 7.17. The third kappa shape index (κ3) is 8.78. The van der Waals surface area contributed by atoms with Gasteiger partial charge < -0.3 is 19.3 Å². The number of hydrogen-bond donors (Lipinski definition) is 0. The number of carbonyl (C=O) groups excluding carboxylic acids is 1. The minimum Gasteiger partial charge on any atom is -0.494 e. The van der Waals surface area contributed by atoms with Gasteiger partial charge >= 0.3 is 12.1 Å². The Bertz CT molecular complexity index is 1380. The summed E-state index contributed by atoms with van der Waals surface area (Å²) in [7, 11) is 0. The molecule has 7 nitrogen and oxygen atoms in total. The second kappa shape index (κ2) is 15.1. The number of benzene rings is 2. The second-order valence-electron chi connectivity index (χ2n) is 10.9. The number of morpholine rings is 1. The van der Waals surface area contributed by atoms with Gasteiger partial charge in [-0.05, 0) is 67.6 Å². The number of hydrogen-bond acceptors (Lipinski definition) is 7. The molecule has 2 aliphatic rings. The van der Waals surface area contributed by atoms with Crippen molar-refractivity contribution in [3.63, 3.8) is 0 Å². The highest BCUT2D eigenvalue weighted by Gasteiger charge is 2.44. The number of amides is 1. The number of nitrogens with zero attached hydrogens (tertiary/aromatic N) is 4. The first-order valence-corrected chi connectivity index (χ1v) is 16.4. The lowest BCUT2D eigenvalue weighted by atomic mass is 10.0. The van der Waals surface area contributed by atoms with E-state index in [1.807, 2.05) is 35.7 Å². The van der Waals surface area contributed by atoms with E-state index in [-0.39, 0.29) is 6.54 Å². The number of alkyl halides is 3. The summed E-state index contributed by atoms with van der Waals surface area (Å²) in [5.41, 5.74) is 2.87. The Balaban J connectivity index is 1.07. The van der Waals surface area contributed by atoms with E-state index in [4.69, 9.17) is 37.7 Å². The van der Waals surface area contributed by atoms with Crippen LogP contribution in [0.5, 0.6) is 5.75 Å². The summed E-state index contributed by atoms with van der Waals surface area (Å²) in [6, 6.07) is 12.6. The highest BCUT2D eigenvalue weighted by molar-refractivity contribution is 7.14. The molecular formula is C31H35Cl2F3N4O3S. The lowest BCUT2D eigenvalue weighted by molar-refractivity contribution is -0.188. The molecule has 3 aromatic rings. The van der Waals surface area contributed by atoms with E-state index in [1.165, 1.54) is 0 Å². The topological polar surface area (TPSA) is 58.1 Å². The molecule has 2 aliphatic heterocycles. The Morgan fingerprint density at radius 3 is 2.43 bits per heavy atom. The van der Waals surface area contributed by atoms with Gasteiger partial charge in [-0.3, -0.25) is 9.69 Å². The fourth-order valence-corrected chi connectivity index (χ4v) is 6.70. The van der Waals surface area contributed by atoms with Crippen LogP contribution in [0.25, 0.3) is 11.3 Å². The second-order valence-corrected chi connectivity index (χ2v) is 12.6. The van der Waals surface area contributed by atoms with Crippen LogP contribution in [0.1, 0.15) is 31.2 Å². The maximum absolute atomic E-state index is 13.5. The van der Waals surface area contributed by atoms with Crippen molar-refractivity contribution in [3.05, 3.63) is 63.5 Å². The van der Waals surface area contributed by atoms with Crippen LogP contribution in [0.3, 0.4) is 0 Å². The Kier molecular flexibility index (Phi) is 11.3. The molecule has 0 bridgehead atoms. The van der Waals surface area contributed by atoms with Crippen molar-refractivity contribution in [2.75, 3.05) is 57.4 Å². The number of thiazole rings is 1. The SMILES string of the molecule is O=C(N(CCCCOc1ccc(-c2csc(N3CCOCC3)n2)cc1)C1CCN(Cc2ccc(Cl)c(Cl)c2)CC1)C(F)(F)F. The molecule has 0 N–H and O–H groups in total. The standard InChI is InChI=1S/C31H35Cl2F3N4O3S/c32-26-8-3-22(19-27(26)33)20-38-12-9-24(10-13-38)40(29(41)31(34,35)36)11-1-2-16-43-25-6-4-23(5-7-25)28-21-44-30(37-28)39-14-17-42-18-15-39/h3-8,19,21,24H,1-2,9-18,20H2. The first-order chi connectivity index (χ1) is 21.2. The lowest BCUT2D eigenvalue weighted by Crippen LogP contribution is -2.51. The summed E-state index contributed by atoms with van der Waals surface area (Å²) in [4.78, 5) is 22.5. The van der Waals surface area contributed by atoms with Gasteiger partial charge in [-0.2, -0.15) is 13.2 Å². The molecule has 0 atom stereocenters. The molecule has 2 aromatic carbocycles. The van der Waals surface area contributed by atoms with Gasteiger partial charge in [0, 0.05) is 56.3 Å². The Morgan fingerprint density at radius 2 is 1.75 bits per heavy atom. The minimum atomic E-state index is -4.91. The molecule has 44 heavy (non-hydrogen) atoms. The Labute approximate surface area is 269 Å². The summed E-state index contributed by atoms with van der Waals surface area (Å²) >= 11 is 13.7. The van der Waals surface area contributed by atoms with Crippen LogP contribution in [0, 0.1) is 0 Å². The van der Waals surface area contributed by atoms with Crippen molar-refractivity contribution in [1.29, 1.82) is 0 Å². The maximum Gasteiger partial charge on any atom is 0.471 e. The minimum absolute atomic E-state index is 0.0351. The monoisotopic (exact) mass is 670 g/mol. The normalized spacial score (nSPS) is 16.7. The predicted molar refractivity (Wildman–Crippen MR) is 168 cm³/mol. The molecule has 0 radical (unpaired) electrons. The summed E-state index contributed by atoms with van der Waals surface area (Å²) in [6.45, 7) is 5.25. The Morgan fingerprint density at radius 1 is 1.02 bits per heavy atom. The molecule has 1 aromatic heterocycles. The fraction of sp³-hybridized carbons (Fsp3) is 0.484. The molecule has 238 valence electrons. The van der Waals surface area contributed by atoms with E-state index in [0.29, 0.717) is 80.9 Å². The van der Waals surface area contributed by atoms with Gasteiger partial charge in [0.05, 0.1) is 35.6 Å². The van der Waals surface area contributed by atoms with Crippen molar-refractivity contribution in [2.24, 2.45) is 0 Å². The molecule has 2 saturated heterocycles. The first kappa shape index (κ1) is 32.8. The highest BCUT2D eigenvalue weighted by Crippen LogP contribution is 2.30. The van der Waals surface area contributed by atoms with Crippen LogP contribution < -0.4 is 9.64 Å². The molecule has 0 spiro atoms. The van der Waals surface area contributed by atoms with Crippen molar-refractivity contribution in [2.45, 2.75) is 44.4 Å². The van der Waals surface area contributed by atoms with Crippen molar-refractivity contribution >= 4 is 45.6 Å². The van der Waals surface area contributed by atoms with Gasteiger partial charge in [0.15, 0.2) is 5.13 Å². The Hall–Kier alpha value is -2.57. The van der Waals surface area contributed by atoms with Gasteiger partial charge in [0.25, 0.3) is 0 Å². The quantitative estimate of drug-likeness (QED) is 0.202. The summed E-state index contributed by atoms with van der Waals surface area (Å²) in [5.74, 6) is -1.09. The third-order valence-electron chi connectivity index (χ3n) is 7.88. The number of anilines is 1. The van der Waals surface area contributed by atoms with E-state index in [1.54, 1.807) is 23.5 Å². The molecule has 3 heterocycles. The van der Waals surface area contributed by atoms with Crippen LogP contribution in [0.4, 0.5) is 18.3 Å². The van der Waals surface area contributed by atoms with Crippen molar-refractivity contribution < 1.29 is 27.4 Å². The summed E-state index contributed by atoms with van der Waals surface area (Å²) in [6.07, 6.45) is -3.03. The van der Waals surface area contributed by atoms with Gasteiger partial charge in [-0.15, -0.1) is 11.3 Å². The molecule has 13 heteroatoms. The zero-order valence-electron chi connectivity index (χ0n) is 24.2. The number of likely N-dealkylation sites (tertiary alicyclic amines) is 1. The number of ether oxygens (including phenoxy) is 2. The fourth-order valence-electron chi connectivity index (χ4n) is 5.49. The van der Waals surface area contributed by atoms with Crippen LogP contribution >= 0.6 is 34.5 Å². The average molecular weight is 672 g/mol. The molecule has 0 aliphatic carbocycles. The van der Waals surface area contributed by atoms with E-state index < -0.39 is 18.1 Å². The summed E-state index contributed by atoms with van der Waals surface area (Å²) in [5, 5.41) is 3.96. The molecule has 1 amide bonds. The number of rotatable bonds is 11. The molecule has 5 rings (SSSR count). The smallest absolute Gasteiger partial charge is 0.471 e.